The lowest BCUT2D eigenvalue weighted by molar-refractivity contribution is 0.384. The smallest absolute Gasteiger partial charge is 0.175 e. The molecule has 1 aliphatic carbocycles. The summed E-state index contributed by atoms with van der Waals surface area (Å²) in [4.78, 5) is 0.359. The first-order chi connectivity index (χ1) is 12.8. The number of methoxy groups -OCH3 is 1. The van der Waals surface area contributed by atoms with Crippen LogP contribution >= 0.6 is 0 Å². The van der Waals surface area contributed by atoms with Crippen molar-refractivity contribution in [1.29, 1.82) is 0 Å². The summed E-state index contributed by atoms with van der Waals surface area (Å²) < 4.78 is 41.9. The molecule has 0 radical (unpaired) electrons. The van der Waals surface area contributed by atoms with Gasteiger partial charge in [0.15, 0.2) is 21.4 Å². The molecule has 0 aromatic heterocycles. The average Bonchev–Trinajstić information content (AvgIpc) is 3.10. The molecule has 0 amide bonds. The van der Waals surface area contributed by atoms with E-state index in [1.54, 1.807) is 24.3 Å². The first-order valence-corrected chi connectivity index (χ1v) is 11.1. The molecule has 1 unspecified atom stereocenters. The van der Waals surface area contributed by atoms with E-state index in [0.717, 1.165) is 24.8 Å². The van der Waals surface area contributed by atoms with Gasteiger partial charge in [0.05, 0.1) is 12.0 Å². The summed E-state index contributed by atoms with van der Waals surface area (Å²) in [6.07, 6.45) is 4.35. The number of benzene rings is 2. The maximum atomic E-state index is 13.6. The molecule has 1 aliphatic rings. The highest BCUT2D eigenvalue weighted by Crippen LogP contribution is 2.36. The van der Waals surface area contributed by atoms with Gasteiger partial charge in [0.2, 0.25) is 0 Å². The Kier molecular flexibility index (Phi) is 5.86. The van der Waals surface area contributed by atoms with Gasteiger partial charge < -0.3 is 10.1 Å². The van der Waals surface area contributed by atoms with Crippen molar-refractivity contribution in [2.24, 2.45) is 0 Å². The third-order valence-electron chi connectivity index (χ3n) is 5.37. The molecule has 0 bridgehead atoms. The van der Waals surface area contributed by atoms with E-state index in [1.165, 1.54) is 25.0 Å². The number of halogens is 1. The second-order valence-corrected chi connectivity index (χ2v) is 9.35. The Hall–Kier alpha value is -1.92. The predicted molar refractivity (Wildman–Crippen MR) is 104 cm³/mol. The van der Waals surface area contributed by atoms with Crippen molar-refractivity contribution in [3.8, 4) is 5.75 Å². The van der Waals surface area contributed by atoms with Gasteiger partial charge in [-0.05, 0) is 67.5 Å². The largest absolute Gasteiger partial charge is 0.494 e. The summed E-state index contributed by atoms with van der Waals surface area (Å²) in [6, 6.07) is 12.7. The molecule has 0 heterocycles. The number of hydrogen-bond acceptors (Lipinski definition) is 4. The molecule has 0 saturated heterocycles. The lowest BCUT2D eigenvalue weighted by atomic mass is 9.97. The maximum absolute atomic E-state index is 13.6. The van der Waals surface area contributed by atoms with E-state index in [2.05, 4.69) is 12.2 Å². The van der Waals surface area contributed by atoms with Gasteiger partial charge in [0, 0.05) is 18.3 Å². The fraction of sp³-hybridized carbons (Fsp3) is 0.429. The summed E-state index contributed by atoms with van der Waals surface area (Å²) in [5.74, 6) is 0.328. The number of sulfone groups is 1. The standard InChI is InChI=1S/C21H26FNO3S/c1-14(16-7-11-20(22)21(13-16)26-2)23-18-8-4-17(12-18)15-5-9-19(10-6-15)27(3,24)25/h5-7,9-11,13-14,17-18,23H,4,8,12H2,1-3H3/t14-,17?,18+/m1/s1. The Morgan fingerprint density at radius 1 is 1.15 bits per heavy atom. The van der Waals surface area contributed by atoms with E-state index < -0.39 is 9.84 Å². The minimum Gasteiger partial charge on any atom is -0.494 e. The van der Waals surface area contributed by atoms with Gasteiger partial charge in [-0.3, -0.25) is 0 Å². The molecule has 27 heavy (non-hydrogen) atoms. The van der Waals surface area contributed by atoms with Crippen LogP contribution in [0, 0.1) is 5.82 Å². The summed E-state index contributed by atoms with van der Waals surface area (Å²) >= 11 is 0. The maximum Gasteiger partial charge on any atom is 0.175 e. The zero-order valence-electron chi connectivity index (χ0n) is 15.9. The van der Waals surface area contributed by atoms with Crippen LogP contribution in [0.5, 0.6) is 5.75 Å². The van der Waals surface area contributed by atoms with Gasteiger partial charge in [-0.15, -0.1) is 0 Å². The fourth-order valence-corrected chi connectivity index (χ4v) is 4.45. The molecular formula is C21H26FNO3S. The summed E-state index contributed by atoms with van der Waals surface area (Å²) in [7, 11) is -1.69. The fourth-order valence-electron chi connectivity index (χ4n) is 3.82. The Bertz CT molecular complexity index is 896. The van der Waals surface area contributed by atoms with Crippen molar-refractivity contribution < 1.29 is 17.5 Å². The number of rotatable bonds is 6. The summed E-state index contributed by atoms with van der Waals surface area (Å²) in [5, 5.41) is 3.63. The second kappa shape index (κ2) is 7.98. The highest BCUT2D eigenvalue weighted by Gasteiger charge is 2.27. The molecule has 1 fully saturated rings. The van der Waals surface area contributed by atoms with E-state index in [4.69, 9.17) is 4.74 Å². The highest BCUT2D eigenvalue weighted by molar-refractivity contribution is 7.90. The van der Waals surface area contributed by atoms with Crippen LogP contribution in [0.25, 0.3) is 0 Å². The SMILES string of the molecule is COc1cc([C@@H](C)N[C@H]2CCC(c3ccc(S(C)(=O)=O)cc3)C2)ccc1F. The lowest BCUT2D eigenvalue weighted by Gasteiger charge is -2.21. The summed E-state index contributed by atoms with van der Waals surface area (Å²) in [5.41, 5.74) is 2.18. The average molecular weight is 392 g/mol. The normalized spacial score (nSPS) is 21.2. The van der Waals surface area contributed by atoms with Gasteiger partial charge in [-0.2, -0.15) is 0 Å². The monoisotopic (exact) mass is 391 g/mol. The quantitative estimate of drug-likeness (QED) is 0.801. The van der Waals surface area contributed by atoms with Crippen molar-refractivity contribution in [2.45, 2.75) is 49.1 Å². The number of hydrogen-bond donors (Lipinski definition) is 1. The Morgan fingerprint density at radius 2 is 1.85 bits per heavy atom. The molecule has 6 heteroatoms. The Balaban J connectivity index is 1.62. The van der Waals surface area contributed by atoms with Crippen molar-refractivity contribution >= 4 is 9.84 Å². The topological polar surface area (TPSA) is 55.4 Å². The zero-order chi connectivity index (χ0) is 19.6. The van der Waals surface area contributed by atoms with Crippen LogP contribution in [0.4, 0.5) is 4.39 Å². The molecule has 3 rings (SSSR count). The van der Waals surface area contributed by atoms with Crippen molar-refractivity contribution in [3.05, 3.63) is 59.4 Å². The van der Waals surface area contributed by atoms with Crippen LogP contribution in [-0.2, 0) is 9.84 Å². The summed E-state index contributed by atoms with van der Waals surface area (Å²) in [6.45, 7) is 2.07. The predicted octanol–water partition coefficient (Wildman–Crippen LogP) is 4.22. The van der Waals surface area contributed by atoms with E-state index in [0.29, 0.717) is 16.9 Å². The van der Waals surface area contributed by atoms with Gasteiger partial charge in [-0.1, -0.05) is 18.2 Å². The van der Waals surface area contributed by atoms with Gasteiger partial charge in [0.25, 0.3) is 0 Å². The van der Waals surface area contributed by atoms with Gasteiger partial charge in [-0.25, -0.2) is 12.8 Å². The molecule has 3 atom stereocenters. The van der Waals surface area contributed by atoms with E-state index in [9.17, 15) is 12.8 Å². The Morgan fingerprint density at radius 3 is 2.48 bits per heavy atom. The van der Waals surface area contributed by atoms with E-state index in [1.807, 2.05) is 12.1 Å². The van der Waals surface area contributed by atoms with Crippen LogP contribution in [0.15, 0.2) is 47.4 Å². The van der Waals surface area contributed by atoms with Crippen molar-refractivity contribution in [3.63, 3.8) is 0 Å². The van der Waals surface area contributed by atoms with E-state index >= 15 is 0 Å². The molecule has 146 valence electrons. The third-order valence-corrected chi connectivity index (χ3v) is 6.50. The minimum absolute atomic E-state index is 0.0934. The van der Waals surface area contributed by atoms with Crippen LogP contribution in [0.3, 0.4) is 0 Å². The van der Waals surface area contributed by atoms with E-state index in [-0.39, 0.29) is 17.6 Å². The number of ether oxygens (including phenoxy) is 1. The number of nitrogens with one attached hydrogen (secondary N) is 1. The Labute approximate surface area is 160 Å². The second-order valence-electron chi connectivity index (χ2n) is 7.33. The molecule has 2 aromatic carbocycles. The molecular weight excluding hydrogens is 365 g/mol. The van der Waals surface area contributed by atoms with Crippen LogP contribution < -0.4 is 10.1 Å². The highest BCUT2D eigenvalue weighted by atomic mass is 32.2. The van der Waals surface area contributed by atoms with Crippen LogP contribution in [0.2, 0.25) is 0 Å². The molecule has 2 aromatic rings. The first-order valence-electron chi connectivity index (χ1n) is 9.17. The molecule has 1 saturated carbocycles. The lowest BCUT2D eigenvalue weighted by Crippen LogP contribution is -2.29. The van der Waals surface area contributed by atoms with Gasteiger partial charge in [0.1, 0.15) is 0 Å². The zero-order valence-corrected chi connectivity index (χ0v) is 16.7. The van der Waals surface area contributed by atoms with Crippen LogP contribution in [0.1, 0.15) is 49.3 Å². The first kappa shape index (κ1) is 19.8. The van der Waals surface area contributed by atoms with Crippen molar-refractivity contribution in [2.75, 3.05) is 13.4 Å². The minimum atomic E-state index is -3.16. The molecule has 1 N–H and O–H groups in total. The molecule has 0 aliphatic heterocycles. The molecule has 4 nitrogen and oxygen atoms in total. The van der Waals surface area contributed by atoms with Crippen molar-refractivity contribution in [1.82, 2.24) is 5.32 Å². The third kappa shape index (κ3) is 4.68. The van der Waals surface area contributed by atoms with Crippen LogP contribution in [-0.4, -0.2) is 27.8 Å². The van der Waals surface area contributed by atoms with Gasteiger partial charge >= 0.3 is 0 Å². The molecule has 0 spiro atoms.